The van der Waals surface area contributed by atoms with E-state index in [1.165, 1.54) is 4.68 Å². The van der Waals surface area contributed by atoms with Gasteiger partial charge in [0.2, 0.25) is 0 Å². The second-order valence-electron chi connectivity index (χ2n) is 4.69. The SMILES string of the molecule is CCc1c(C)nn(-c2c(F)cc(C(N)=NO)cc2F)c1C. The maximum absolute atomic E-state index is 14.2. The number of rotatable bonds is 3. The van der Waals surface area contributed by atoms with Crippen LogP contribution in [-0.4, -0.2) is 20.8 Å². The van der Waals surface area contributed by atoms with Crippen LogP contribution in [-0.2, 0) is 6.42 Å². The first-order valence-electron chi connectivity index (χ1n) is 6.43. The first kappa shape index (κ1) is 15.0. The number of aryl methyl sites for hydroxylation is 1. The van der Waals surface area contributed by atoms with E-state index in [1.54, 1.807) is 13.8 Å². The van der Waals surface area contributed by atoms with Crippen molar-refractivity contribution in [2.75, 3.05) is 0 Å². The Morgan fingerprint density at radius 3 is 2.33 bits per heavy atom. The van der Waals surface area contributed by atoms with Gasteiger partial charge in [0.25, 0.3) is 0 Å². The van der Waals surface area contributed by atoms with Gasteiger partial charge in [-0.15, -0.1) is 0 Å². The zero-order chi connectivity index (χ0) is 15.7. The van der Waals surface area contributed by atoms with E-state index >= 15 is 0 Å². The zero-order valence-corrected chi connectivity index (χ0v) is 12.0. The molecular formula is C14H16F2N4O. The molecule has 0 aliphatic rings. The largest absolute Gasteiger partial charge is 0.409 e. The third-order valence-electron chi connectivity index (χ3n) is 3.43. The summed E-state index contributed by atoms with van der Waals surface area (Å²) < 4.78 is 29.7. The number of hydrogen-bond donors (Lipinski definition) is 2. The molecule has 0 saturated carbocycles. The number of nitrogens with two attached hydrogens (primary N) is 1. The van der Waals surface area contributed by atoms with E-state index in [0.29, 0.717) is 5.69 Å². The van der Waals surface area contributed by atoms with Crippen LogP contribution in [0.2, 0.25) is 0 Å². The summed E-state index contributed by atoms with van der Waals surface area (Å²) in [5.41, 5.74) is 7.41. The smallest absolute Gasteiger partial charge is 0.170 e. The van der Waals surface area contributed by atoms with Crippen LogP contribution in [0.1, 0.15) is 29.4 Å². The molecule has 1 heterocycles. The van der Waals surface area contributed by atoms with Crippen LogP contribution < -0.4 is 5.73 Å². The minimum atomic E-state index is -0.829. The first-order chi connectivity index (χ1) is 9.90. The van der Waals surface area contributed by atoms with Crippen molar-refractivity contribution in [2.45, 2.75) is 27.2 Å². The molecule has 1 aromatic carbocycles. The van der Waals surface area contributed by atoms with Crippen LogP contribution in [0.25, 0.3) is 5.69 Å². The van der Waals surface area contributed by atoms with Gasteiger partial charge in [0.1, 0.15) is 5.69 Å². The number of hydrogen-bond acceptors (Lipinski definition) is 3. The number of oxime groups is 1. The normalized spacial score (nSPS) is 12.0. The molecule has 112 valence electrons. The Bertz CT molecular complexity index is 699. The summed E-state index contributed by atoms with van der Waals surface area (Å²) in [5.74, 6) is -2.02. The van der Waals surface area contributed by atoms with Gasteiger partial charge in [0.05, 0.1) is 5.69 Å². The molecule has 0 atom stereocenters. The molecule has 5 nitrogen and oxygen atoms in total. The number of nitrogens with zero attached hydrogens (tertiary/aromatic N) is 3. The summed E-state index contributed by atoms with van der Waals surface area (Å²) in [4.78, 5) is 0. The van der Waals surface area contributed by atoms with Gasteiger partial charge in [-0.1, -0.05) is 12.1 Å². The van der Waals surface area contributed by atoms with Gasteiger partial charge in [-0.3, -0.25) is 0 Å². The molecule has 0 amide bonds. The van der Waals surface area contributed by atoms with Crippen molar-refractivity contribution in [1.29, 1.82) is 0 Å². The lowest BCUT2D eigenvalue weighted by atomic mass is 10.1. The van der Waals surface area contributed by atoms with Crippen molar-refractivity contribution in [3.05, 3.63) is 46.3 Å². The predicted molar refractivity (Wildman–Crippen MR) is 74.8 cm³/mol. The Hall–Kier alpha value is -2.44. The number of benzene rings is 1. The lowest BCUT2D eigenvalue weighted by molar-refractivity contribution is 0.318. The number of halogens is 2. The molecule has 21 heavy (non-hydrogen) atoms. The van der Waals surface area contributed by atoms with Crippen molar-refractivity contribution in [1.82, 2.24) is 9.78 Å². The van der Waals surface area contributed by atoms with E-state index in [0.717, 1.165) is 29.8 Å². The average molecular weight is 294 g/mol. The van der Waals surface area contributed by atoms with Crippen molar-refractivity contribution in [3.63, 3.8) is 0 Å². The maximum Gasteiger partial charge on any atom is 0.170 e. The van der Waals surface area contributed by atoms with Gasteiger partial charge in [-0.2, -0.15) is 5.10 Å². The Labute approximate surface area is 120 Å². The van der Waals surface area contributed by atoms with Crippen LogP contribution in [0.4, 0.5) is 8.78 Å². The quantitative estimate of drug-likeness (QED) is 0.395. The van der Waals surface area contributed by atoms with Crippen molar-refractivity contribution in [3.8, 4) is 5.69 Å². The number of amidine groups is 1. The van der Waals surface area contributed by atoms with Crippen LogP contribution >= 0.6 is 0 Å². The second-order valence-corrected chi connectivity index (χ2v) is 4.69. The monoisotopic (exact) mass is 294 g/mol. The van der Waals surface area contributed by atoms with Crippen LogP contribution in [0.15, 0.2) is 17.3 Å². The highest BCUT2D eigenvalue weighted by molar-refractivity contribution is 5.97. The third kappa shape index (κ3) is 2.46. The Kier molecular flexibility index (Phi) is 3.93. The molecule has 0 aliphatic carbocycles. The molecule has 2 rings (SSSR count). The number of aromatic nitrogens is 2. The second kappa shape index (κ2) is 5.51. The molecule has 1 aromatic heterocycles. The van der Waals surface area contributed by atoms with Gasteiger partial charge in [-0.05, 0) is 38.0 Å². The molecule has 0 spiro atoms. The van der Waals surface area contributed by atoms with Crippen molar-refractivity contribution < 1.29 is 14.0 Å². The van der Waals surface area contributed by atoms with Crippen molar-refractivity contribution in [2.24, 2.45) is 10.9 Å². The van der Waals surface area contributed by atoms with E-state index in [1.807, 2.05) is 6.92 Å². The van der Waals surface area contributed by atoms with Crippen molar-refractivity contribution >= 4 is 5.84 Å². The molecule has 3 N–H and O–H groups in total. The fourth-order valence-corrected chi connectivity index (χ4v) is 2.38. The fraction of sp³-hybridized carbons (Fsp3) is 0.286. The summed E-state index contributed by atoms with van der Waals surface area (Å²) in [7, 11) is 0. The molecule has 7 heteroatoms. The Morgan fingerprint density at radius 2 is 1.90 bits per heavy atom. The van der Waals surface area contributed by atoms with Crippen LogP contribution in [0, 0.1) is 25.5 Å². The van der Waals surface area contributed by atoms with Gasteiger partial charge < -0.3 is 10.9 Å². The van der Waals surface area contributed by atoms with E-state index in [9.17, 15) is 8.78 Å². The molecule has 2 aromatic rings. The minimum absolute atomic E-state index is 0.0338. The molecule has 0 radical (unpaired) electrons. The molecule has 0 fully saturated rings. The van der Waals surface area contributed by atoms with Gasteiger partial charge >= 0.3 is 0 Å². The molecule has 0 bridgehead atoms. The minimum Gasteiger partial charge on any atom is -0.409 e. The summed E-state index contributed by atoms with van der Waals surface area (Å²) in [6.45, 7) is 5.51. The highest BCUT2D eigenvalue weighted by atomic mass is 19.1. The molecule has 0 aliphatic heterocycles. The molecule has 0 unspecified atom stereocenters. The van der Waals surface area contributed by atoms with Crippen LogP contribution in [0.5, 0.6) is 0 Å². The Balaban J connectivity index is 2.66. The summed E-state index contributed by atoms with van der Waals surface area (Å²) >= 11 is 0. The molecule has 0 saturated heterocycles. The predicted octanol–water partition coefficient (Wildman–Crippen LogP) is 2.42. The standard InChI is InChI=1S/C14H16F2N4O/c1-4-10-7(2)18-20(8(10)3)13-11(15)5-9(6-12(13)16)14(17)19-21/h5-6,21H,4H2,1-3H3,(H2,17,19). The van der Waals surface area contributed by atoms with Gasteiger partial charge in [-0.25, -0.2) is 13.5 Å². The summed E-state index contributed by atoms with van der Waals surface area (Å²) in [5, 5.41) is 15.5. The molecular weight excluding hydrogens is 278 g/mol. The fourth-order valence-electron chi connectivity index (χ4n) is 2.38. The van der Waals surface area contributed by atoms with Gasteiger partial charge in [0, 0.05) is 11.3 Å². The highest BCUT2D eigenvalue weighted by Gasteiger charge is 2.19. The zero-order valence-electron chi connectivity index (χ0n) is 12.0. The lowest BCUT2D eigenvalue weighted by Crippen LogP contribution is -2.15. The lowest BCUT2D eigenvalue weighted by Gasteiger charge is -2.09. The third-order valence-corrected chi connectivity index (χ3v) is 3.43. The van der Waals surface area contributed by atoms with E-state index in [-0.39, 0.29) is 17.1 Å². The summed E-state index contributed by atoms with van der Waals surface area (Å²) in [6, 6.07) is 2.02. The summed E-state index contributed by atoms with van der Waals surface area (Å²) in [6.07, 6.45) is 0.725. The highest BCUT2D eigenvalue weighted by Crippen LogP contribution is 2.24. The topological polar surface area (TPSA) is 76.4 Å². The van der Waals surface area contributed by atoms with E-state index in [4.69, 9.17) is 10.9 Å². The Morgan fingerprint density at radius 1 is 1.33 bits per heavy atom. The van der Waals surface area contributed by atoms with Crippen LogP contribution in [0.3, 0.4) is 0 Å². The van der Waals surface area contributed by atoms with Gasteiger partial charge in [0.15, 0.2) is 17.5 Å². The maximum atomic E-state index is 14.2. The van der Waals surface area contributed by atoms with E-state index < -0.39 is 11.6 Å². The van der Waals surface area contributed by atoms with E-state index in [2.05, 4.69) is 10.3 Å². The first-order valence-corrected chi connectivity index (χ1v) is 6.43. The average Bonchev–Trinajstić information content (AvgIpc) is 2.71.